The van der Waals surface area contributed by atoms with Crippen LogP contribution >= 0.6 is 0 Å². The van der Waals surface area contributed by atoms with Crippen molar-refractivity contribution in [3.63, 3.8) is 0 Å². The topological polar surface area (TPSA) is 17.3 Å². The molecule has 60 heavy (non-hydrogen) atoms. The summed E-state index contributed by atoms with van der Waals surface area (Å²) in [6.07, 6.45) is 0. The number of rotatable bonds is 7. The van der Waals surface area contributed by atoms with Crippen LogP contribution in [0.4, 0.5) is 0 Å². The normalized spacial score (nSPS) is 11.0. The second-order valence-electron chi connectivity index (χ2n) is 15.4. The van der Waals surface area contributed by atoms with E-state index >= 15 is 0 Å². The second kappa shape index (κ2) is 19.0. The molecular weight excluding hydrogens is 725 g/mol. The van der Waals surface area contributed by atoms with Crippen LogP contribution in [0.1, 0.15) is 43.0 Å². The molecule has 2 heteroatoms. The van der Waals surface area contributed by atoms with Crippen molar-refractivity contribution in [3.8, 4) is 39.1 Å². The summed E-state index contributed by atoms with van der Waals surface area (Å²) in [5, 5.41) is 2.54. The highest BCUT2D eigenvalue weighted by molar-refractivity contribution is 6.10. The lowest BCUT2D eigenvalue weighted by atomic mass is 9.92. The monoisotopic (exact) mass is 776 g/mol. The van der Waals surface area contributed by atoms with Gasteiger partial charge in [-0.3, -0.25) is 4.99 Å². The third-order valence-corrected chi connectivity index (χ3v) is 10.5. The van der Waals surface area contributed by atoms with Crippen molar-refractivity contribution < 1.29 is 0 Å². The van der Waals surface area contributed by atoms with E-state index in [1.807, 2.05) is 69.3 Å². The lowest BCUT2D eigenvalue weighted by molar-refractivity contribution is 1.18. The van der Waals surface area contributed by atoms with Gasteiger partial charge in [0.15, 0.2) is 0 Å². The molecule has 0 amide bonds. The molecule has 0 radical (unpaired) electrons. The highest BCUT2D eigenvalue weighted by Gasteiger charge is 2.14. The van der Waals surface area contributed by atoms with Gasteiger partial charge in [0, 0.05) is 22.2 Å². The van der Waals surface area contributed by atoms with E-state index in [0.717, 1.165) is 22.5 Å². The van der Waals surface area contributed by atoms with Gasteiger partial charge in [0.2, 0.25) is 0 Å². The van der Waals surface area contributed by atoms with Gasteiger partial charge in [0.25, 0.3) is 0 Å². The summed E-state index contributed by atoms with van der Waals surface area (Å²) in [5.41, 5.74) is 18.9. The van der Waals surface area contributed by atoms with Crippen molar-refractivity contribution in [2.24, 2.45) is 4.99 Å². The van der Waals surface area contributed by atoms with Crippen molar-refractivity contribution in [2.75, 3.05) is 0 Å². The first-order chi connectivity index (χ1) is 29.2. The molecule has 1 heterocycles. The first kappa shape index (κ1) is 40.9. The fourth-order valence-corrected chi connectivity index (χ4v) is 7.47. The maximum absolute atomic E-state index is 4.54. The third-order valence-electron chi connectivity index (χ3n) is 10.5. The van der Waals surface area contributed by atoms with Crippen LogP contribution < -0.4 is 0 Å². The van der Waals surface area contributed by atoms with Crippen LogP contribution in [-0.2, 0) is 0 Å². The molecule has 0 unspecified atom stereocenters. The number of nitrogens with zero attached hydrogens (tertiary/aromatic N) is 2. The van der Waals surface area contributed by atoms with Gasteiger partial charge >= 0.3 is 0 Å². The molecule has 8 aromatic carbocycles. The van der Waals surface area contributed by atoms with E-state index in [2.05, 4.69) is 188 Å². The predicted octanol–water partition coefficient (Wildman–Crippen LogP) is 16.2. The molecule has 0 saturated heterocycles. The number of aliphatic imine (C=N–C) groups is 1. The maximum atomic E-state index is 4.54. The molecule has 0 fully saturated rings. The minimum Gasteiger partial charge on any atom is -0.309 e. The summed E-state index contributed by atoms with van der Waals surface area (Å²) in [6, 6.07) is 70.7. The predicted molar refractivity (Wildman–Crippen MR) is 261 cm³/mol. The van der Waals surface area contributed by atoms with Crippen molar-refractivity contribution in [3.05, 3.63) is 241 Å². The highest BCUT2D eigenvalue weighted by atomic mass is 15.0. The van der Waals surface area contributed by atoms with Crippen molar-refractivity contribution >= 4 is 33.2 Å². The quantitative estimate of drug-likeness (QED) is 0.113. The Morgan fingerprint density at radius 3 is 1.57 bits per heavy atom. The lowest BCUT2D eigenvalue weighted by Gasteiger charge is -2.13. The zero-order valence-corrected chi connectivity index (χ0v) is 35.4. The first-order valence-corrected chi connectivity index (χ1v) is 20.5. The Morgan fingerprint density at radius 1 is 0.417 bits per heavy atom. The molecule has 1 aromatic heterocycles. The minimum absolute atomic E-state index is 0.798. The van der Waals surface area contributed by atoms with Crippen molar-refractivity contribution in [1.82, 2.24) is 4.57 Å². The summed E-state index contributed by atoms with van der Waals surface area (Å²) >= 11 is 0. The molecule has 294 valence electrons. The average Bonchev–Trinajstić information content (AvgIpc) is 3.61. The largest absolute Gasteiger partial charge is 0.309 e. The molecule has 0 atom stereocenters. The molecular formula is C58H52N2. The SMILES string of the molecule is C=C(C)C.C=C(N=C(C)c1ccccc1)c1ccccc1.Cc1ccccc1-c1cc(-c2ccc3c(c2)c2ccccc2n3-c2ccc(-c3ccccc3)cc2)ccc1C. The summed E-state index contributed by atoms with van der Waals surface area (Å²) in [7, 11) is 0. The van der Waals surface area contributed by atoms with Crippen LogP contribution in [-0.4, -0.2) is 10.3 Å². The van der Waals surface area contributed by atoms with E-state index in [1.165, 1.54) is 77.6 Å². The smallest absolute Gasteiger partial charge is 0.0633 e. The van der Waals surface area contributed by atoms with E-state index in [1.54, 1.807) is 0 Å². The Labute approximate surface area is 356 Å². The number of aryl methyl sites for hydroxylation is 2. The summed E-state index contributed by atoms with van der Waals surface area (Å²) in [6.45, 7) is 17.9. The Kier molecular flexibility index (Phi) is 12.9. The first-order valence-electron chi connectivity index (χ1n) is 20.5. The number of aromatic nitrogens is 1. The summed E-state index contributed by atoms with van der Waals surface area (Å²) in [4.78, 5) is 4.54. The number of benzene rings is 8. The van der Waals surface area contributed by atoms with Crippen LogP contribution in [0.25, 0.3) is 66.6 Å². The molecule has 9 rings (SSSR count). The Balaban J connectivity index is 0.000000216. The highest BCUT2D eigenvalue weighted by Crippen LogP contribution is 2.37. The van der Waals surface area contributed by atoms with E-state index in [0.29, 0.717) is 0 Å². The van der Waals surface area contributed by atoms with Gasteiger partial charge in [-0.1, -0.05) is 176 Å². The van der Waals surface area contributed by atoms with Gasteiger partial charge in [-0.05, 0) is 127 Å². The second-order valence-corrected chi connectivity index (χ2v) is 15.4. The molecule has 9 aromatic rings. The zero-order chi connectivity index (χ0) is 42.0. The fourth-order valence-electron chi connectivity index (χ4n) is 7.47. The standard InChI is InChI=1S/C38H29N.C16H15N.C4H8/c1-26-10-6-7-13-33(26)35-24-30(17-16-27(35)2)31-20-23-38-36(25-31)34-14-8-9-15-37(34)39(38)32-21-18-29(19-22-32)28-11-4-3-5-12-28;1-13(15-9-5-3-6-10-15)17-14(2)16-11-7-4-8-12-16;1-4(2)3/h3-25H,1-2H3;3-12H,1H2,2H3;1H2,2-3H3. The van der Waals surface area contributed by atoms with Gasteiger partial charge in [-0.25, -0.2) is 0 Å². The molecule has 0 N–H and O–H groups in total. The van der Waals surface area contributed by atoms with Gasteiger partial charge < -0.3 is 4.57 Å². The molecule has 0 aliphatic rings. The van der Waals surface area contributed by atoms with E-state index in [-0.39, 0.29) is 0 Å². The Bertz CT molecular complexity index is 2910. The van der Waals surface area contributed by atoms with Gasteiger partial charge in [0.05, 0.1) is 16.7 Å². The summed E-state index contributed by atoms with van der Waals surface area (Å²) in [5.74, 6) is 0. The Morgan fingerprint density at radius 2 is 0.900 bits per heavy atom. The van der Waals surface area contributed by atoms with Crippen molar-refractivity contribution in [2.45, 2.75) is 34.6 Å². The van der Waals surface area contributed by atoms with Crippen LogP contribution in [0, 0.1) is 13.8 Å². The molecule has 0 saturated carbocycles. The van der Waals surface area contributed by atoms with E-state index in [4.69, 9.17) is 0 Å². The van der Waals surface area contributed by atoms with Crippen LogP contribution in [0.15, 0.2) is 224 Å². The van der Waals surface area contributed by atoms with E-state index < -0.39 is 0 Å². The van der Waals surface area contributed by atoms with Crippen LogP contribution in [0.5, 0.6) is 0 Å². The van der Waals surface area contributed by atoms with Gasteiger partial charge in [-0.15, -0.1) is 6.58 Å². The van der Waals surface area contributed by atoms with E-state index in [9.17, 15) is 0 Å². The molecule has 0 aliphatic carbocycles. The number of allylic oxidation sites excluding steroid dienone is 1. The number of para-hydroxylation sites is 1. The van der Waals surface area contributed by atoms with Crippen molar-refractivity contribution in [1.29, 1.82) is 0 Å². The van der Waals surface area contributed by atoms with Crippen LogP contribution in [0.3, 0.4) is 0 Å². The molecule has 2 nitrogen and oxygen atoms in total. The average molecular weight is 777 g/mol. The molecule has 0 spiro atoms. The molecule has 0 aliphatic heterocycles. The number of fused-ring (bicyclic) bond motifs is 3. The lowest BCUT2D eigenvalue weighted by Crippen LogP contribution is -1.94. The minimum atomic E-state index is 0.798. The van der Waals surface area contributed by atoms with Gasteiger partial charge in [-0.2, -0.15) is 0 Å². The van der Waals surface area contributed by atoms with Gasteiger partial charge in [0.1, 0.15) is 0 Å². The third kappa shape index (κ3) is 9.52. The molecule has 0 bridgehead atoms. The summed E-state index contributed by atoms with van der Waals surface area (Å²) < 4.78 is 2.39. The maximum Gasteiger partial charge on any atom is 0.0633 e. The fraction of sp³-hybridized carbons (Fsp3) is 0.0862. The number of hydrogen-bond acceptors (Lipinski definition) is 1. The Hall–Kier alpha value is -7.29. The number of hydrogen-bond donors (Lipinski definition) is 0. The van der Waals surface area contributed by atoms with Crippen LogP contribution in [0.2, 0.25) is 0 Å². The zero-order valence-electron chi connectivity index (χ0n) is 35.4.